The second-order valence-electron chi connectivity index (χ2n) is 5.09. The van der Waals surface area contributed by atoms with Crippen LogP contribution in [0.4, 0.5) is 0 Å². The average molecular weight is 283 g/mol. The van der Waals surface area contributed by atoms with E-state index in [0.29, 0.717) is 17.8 Å². The predicted octanol–water partition coefficient (Wildman–Crippen LogP) is 0.995. The van der Waals surface area contributed by atoms with E-state index in [1.165, 1.54) is 4.80 Å². The predicted molar refractivity (Wildman–Crippen MR) is 79.0 cm³/mol. The van der Waals surface area contributed by atoms with Gasteiger partial charge in [0.2, 0.25) is 0 Å². The minimum absolute atomic E-state index is 0.00746. The van der Waals surface area contributed by atoms with Gasteiger partial charge >= 0.3 is 0 Å². The van der Waals surface area contributed by atoms with Crippen molar-refractivity contribution in [1.29, 1.82) is 0 Å². The van der Waals surface area contributed by atoms with Crippen molar-refractivity contribution in [3.8, 4) is 5.69 Å². The number of rotatable bonds is 3. The maximum Gasteiger partial charge on any atom is 0.256 e. The molecule has 0 unspecified atom stereocenters. The maximum absolute atomic E-state index is 12.8. The molecule has 1 aromatic carbocycles. The van der Waals surface area contributed by atoms with Gasteiger partial charge in [-0.2, -0.15) is 15.0 Å². The second kappa shape index (κ2) is 5.49. The number of nitrogens with two attached hydrogens (primary N) is 1. The van der Waals surface area contributed by atoms with Crippen molar-refractivity contribution in [3.05, 3.63) is 54.9 Å². The van der Waals surface area contributed by atoms with Gasteiger partial charge in [0, 0.05) is 12.6 Å². The number of aromatic nitrogens is 3. The third kappa shape index (κ3) is 2.45. The van der Waals surface area contributed by atoms with Gasteiger partial charge in [-0.25, -0.2) is 0 Å². The largest absolute Gasteiger partial charge is 0.331 e. The molecule has 1 aliphatic rings. The fourth-order valence-electron chi connectivity index (χ4n) is 2.68. The number of carbonyl (C=O) groups is 1. The Balaban J connectivity index is 1.97. The zero-order valence-corrected chi connectivity index (χ0v) is 11.6. The molecule has 0 bridgehead atoms. The van der Waals surface area contributed by atoms with Crippen LogP contribution in [0.3, 0.4) is 0 Å². The Hall–Kier alpha value is -2.47. The molecule has 2 aromatic rings. The fraction of sp³-hybridized carbons (Fsp3) is 0.267. The molecule has 0 radical (unpaired) electrons. The summed E-state index contributed by atoms with van der Waals surface area (Å²) in [6, 6.07) is 7.27. The van der Waals surface area contributed by atoms with E-state index in [9.17, 15) is 4.79 Å². The number of hydrogen-bond acceptors (Lipinski definition) is 4. The first-order valence-corrected chi connectivity index (χ1v) is 6.85. The van der Waals surface area contributed by atoms with E-state index < -0.39 is 0 Å². The van der Waals surface area contributed by atoms with Crippen LogP contribution in [0.15, 0.2) is 49.3 Å². The van der Waals surface area contributed by atoms with Crippen molar-refractivity contribution in [2.75, 3.05) is 6.54 Å². The molecule has 0 saturated carbocycles. The molecule has 1 amide bonds. The van der Waals surface area contributed by atoms with Gasteiger partial charge in [0.1, 0.15) is 0 Å². The Kier molecular flexibility index (Phi) is 3.53. The number of para-hydroxylation sites is 1. The lowest BCUT2D eigenvalue weighted by Gasteiger charge is -2.23. The van der Waals surface area contributed by atoms with Crippen molar-refractivity contribution in [1.82, 2.24) is 19.9 Å². The summed E-state index contributed by atoms with van der Waals surface area (Å²) in [6.07, 6.45) is 5.69. The molecule has 6 heteroatoms. The van der Waals surface area contributed by atoms with E-state index in [2.05, 4.69) is 16.8 Å². The number of amides is 1. The standard InChI is InChI=1S/C15H17N5O/c1-2-12-9-11(16)10-19(12)15(21)13-5-3-4-6-14(13)20-17-7-8-18-20/h2-8,11-12H,1,9-10,16H2/t11-,12-/m1/s1. The lowest BCUT2D eigenvalue weighted by Crippen LogP contribution is -2.36. The summed E-state index contributed by atoms with van der Waals surface area (Å²) >= 11 is 0. The molecule has 2 N–H and O–H groups in total. The molecule has 1 fully saturated rings. The van der Waals surface area contributed by atoms with Crippen molar-refractivity contribution in [3.63, 3.8) is 0 Å². The van der Waals surface area contributed by atoms with Gasteiger partial charge in [0.25, 0.3) is 5.91 Å². The molecule has 1 aromatic heterocycles. The summed E-state index contributed by atoms with van der Waals surface area (Å²) in [5, 5.41) is 8.20. The van der Waals surface area contributed by atoms with Crippen LogP contribution in [-0.2, 0) is 0 Å². The van der Waals surface area contributed by atoms with E-state index >= 15 is 0 Å². The molecule has 3 rings (SSSR count). The summed E-state index contributed by atoms with van der Waals surface area (Å²) in [7, 11) is 0. The van der Waals surface area contributed by atoms with Gasteiger partial charge in [-0.3, -0.25) is 4.79 Å². The molecule has 0 spiro atoms. The number of likely N-dealkylation sites (tertiary alicyclic amines) is 1. The molecule has 108 valence electrons. The Morgan fingerprint density at radius 3 is 2.76 bits per heavy atom. The van der Waals surface area contributed by atoms with Crippen LogP contribution >= 0.6 is 0 Å². The molecular formula is C15H17N5O. The normalized spacial score (nSPS) is 21.5. The molecule has 0 aliphatic carbocycles. The Morgan fingerprint density at radius 2 is 2.05 bits per heavy atom. The lowest BCUT2D eigenvalue weighted by molar-refractivity contribution is 0.0760. The third-order valence-electron chi connectivity index (χ3n) is 3.68. The zero-order valence-electron chi connectivity index (χ0n) is 11.6. The quantitative estimate of drug-likeness (QED) is 0.852. The van der Waals surface area contributed by atoms with Crippen LogP contribution in [0, 0.1) is 0 Å². The fourth-order valence-corrected chi connectivity index (χ4v) is 2.68. The monoisotopic (exact) mass is 283 g/mol. The minimum atomic E-state index is -0.0687. The topological polar surface area (TPSA) is 77.0 Å². The van der Waals surface area contributed by atoms with E-state index in [4.69, 9.17) is 5.73 Å². The van der Waals surface area contributed by atoms with Crippen LogP contribution in [0.5, 0.6) is 0 Å². The summed E-state index contributed by atoms with van der Waals surface area (Å²) in [5.74, 6) is -0.0687. The van der Waals surface area contributed by atoms with Gasteiger partial charge in [0.15, 0.2) is 0 Å². The van der Waals surface area contributed by atoms with Crippen LogP contribution in [-0.4, -0.2) is 44.4 Å². The molecule has 2 atom stereocenters. The first-order valence-electron chi connectivity index (χ1n) is 6.85. The van der Waals surface area contributed by atoms with Gasteiger partial charge < -0.3 is 10.6 Å². The summed E-state index contributed by atoms with van der Waals surface area (Å²) in [5.41, 5.74) is 7.20. The maximum atomic E-state index is 12.8. The van der Waals surface area contributed by atoms with Gasteiger partial charge in [-0.05, 0) is 18.6 Å². The van der Waals surface area contributed by atoms with Gasteiger partial charge in [-0.15, -0.1) is 6.58 Å². The van der Waals surface area contributed by atoms with E-state index in [1.807, 2.05) is 18.2 Å². The van der Waals surface area contributed by atoms with Crippen LogP contribution < -0.4 is 5.73 Å². The highest BCUT2D eigenvalue weighted by molar-refractivity contribution is 5.98. The average Bonchev–Trinajstić information content (AvgIpc) is 3.15. The summed E-state index contributed by atoms with van der Waals surface area (Å²) < 4.78 is 0. The summed E-state index contributed by atoms with van der Waals surface area (Å²) in [6.45, 7) is 4.33. The van der Waals surface area contributed by atoms with E-state index in [0.717, 1.165) is 6.42 Å². The summed E-state index contributed by atoms with van der Waals surface area (Å²) in [4.78, 5) is 16.0. The van der Waals surface area contributed by atoms with E-state index in [1.54, 1.807) is 29.4 Å². The molecule has 1 saturated heterocycles. The zero-order chi connectivity index (χ0) is 14.8. The molecular weight excluding hydrogens is 266 g/mol. The van der Waals surface area contributed by atoms with Crippen molar-refractivity contribution < 1.29 is 4.79 Å². The van der Waals surface area contributed by atoms with Crippen LogP contribution in [0.1, 0.15) is 16.8 Å². The van der Waals surface area contributed by atoms with Crippen molar-refractivity contribution >= 4 is 5.91 Å². The molecule has 1 aliphatic heterocycles. The van der Waals surface area contributed by atoms with E-state index in [-0.39, 0.29) is 18.0 Å². The number of carbonyl (C=O) groups excluding carboxylic acids is 1. The third-order valence-corrected chi connectivity index (χ3v) is 3.68. The first-order chi connectivity index (χ1) is 10.2. The lowest BCUT2D eigenvalue weighted by atomic mass is 10.1. The van der Waals surface area contributed by atoms with Crippen LogP contribution in [0.2, 0.25) is 0 Å². The van der Waals surface area contributed by atoms with Crippen LogP contribution in [0.25, 0.3) is 5.69 Å². The highest BCUT2D eigenvalue weighted by Gasteiger charge is 2.33. The van der Waals surface area contributed by atoms with Crippen molar-refractivity contribution in [2.24, 2.45) is 5.73 Å². The minimum Gasteiger partial charge on any atom is -0.331 e. The Bertz CT molecular complexity index is 652. The number of hydrogen-bond donors (Lipinski definition) is 1. The number of nitrogens with zero attached hydrogens (tertiary/aromatic N) is 4. The molecule has 21 heavy (non-hydrogen) atoms. The SMILES string of the molecule is C=C[C@@H]1C[C@@H](N)CN1C(=O)c1ccccc1-n1nccn1. The highest BCUT2D eigenvalue weighted by Crippen LogP contribution is 2.22. The van der Waals surface area contributed by atoms with Gasteiger partial charge in [-0.1, -0.05) is 18.2 Å². The molecule has 2 heterocycles. The Morgan fingerprint density at radius 1 is 1.33 bits per heavy atom. The molecule has 6 nitrogen and oxygen atoms in total. The second-order valence-corrected chi connectivity index (χ2v) is 5.09. The first kappa shape index (κ1) is 13.5. The van der Waals surface area contributed by atoms with Gasteiger partial charge in [0.05, 0.1) is 29.7 Å². The highest BCUT2D eigenvalue weighted by atomic mass is 16.2. The Labute approximate surface area is 122 Å². The smallest absolute Gasteiger partial charge is 0.256 e. The van der Waals surface area contributed by atoms with Crippen molar-refractivity contribution in [2.45, 2.75) is 18.5 Å². The number of benzene rings is 1.